The number of fused-ring (bicyclic) bond motifs is 2. The van der Waals surface area contributed by atoms with Crippen molar-refractivity contribution < 1.29 is 14.4 Å². The van der Waals surface area contributed by atoms with Crippen LogP contribution in [-0.2, 0) is 22.4 Å². The first-order chi connectivity index (χ1) is 12.5. The highest BCUT2D eigenvalue weighted by Crippen LogP contribution is 2.31. The molecule has 6 heteroatoms. The highest BCUT2D eigenvalue weighted by atomic mass is 16.2. The summed E-state index contributed by atoms with van der Waals surface area (Å²) in [5.74, 6) is -0.153. The predicted molar refractivity (Wildman–Crippen MR) is 99.5 cm³/mol. The van der Waals surface area contributed by atoms with Crippen molar-refractivity contribution in [2.45, 2.75) is 26.2 Å². The number of amides is 3. The van der Waals surface area contributed by atoms with Crippen molar-refractivity contribution in [3.05, 3.63) is 53.1 Å². The SMILES string of the molecule is CC(=O)N1CCc2cc(NC(=O)c3ccc4c(c3)CCC(=O)N4)ccc21. The molecule has 0 radical (unpaired) electrons. The van der Waals surface area contributed by atoms with E-state index in [0.717, 1.165) is 28.9 Å². The van der Waals surface area contributed by atoms with Gasteiger partial charge in [0.1, 0.15) is 0 Å². The van der Waals surface area contributed by atoms with Crippen molar-refractivity contribution in [1.82, 2.24) is 0 Å². The summed E-state index contributed by atoms with van der Waals surface area (Å²) in [6.45, 7) is 2.24. The first-order valence-corrected chi connectivity index (χ1v) is 8.66. The van der Waals surface area contributed by atoms with Gasteiger partial charge >= 0.3 is 0 Å². The van der Waals surface area contributed by atoms with E-state index < -0.39 is 0 Å². The number of carbonyl (C=O) groups excluding carboxylic acids is 3. The lowest BCUT2D eigenvalue weighted by Gasteiger charge is -2.17. The van der Waals surface area contributed by atoms with Crippen LogP contribution < -0.4 is 15.5 Å². The van der Waals surface area contributed by atoms with Gasteiger partial charge in [-0.15, -0.1) is 0 Å². The van der Waals surface area contributed by atoms with Gasteiger partial charge in [0, 0.05) is 42.5 Å². The maximum absolute atomic E-state index is 12.6. The Balaban J connectivity index is 1.52. The van der Waals surface area contributed by atoms with Crippen molar-refractivity contribution in [3.63, 3.8) is 0 Å². The third-order valence-corrected chi connectivity index (χ3v) is 4.88. The number of hydrogen-bond donors (Lipinski definition) is 2. The van der Waals surface area contributed by atoms with Crippen LogP contribution >= 0.6 is 0 Å². The molecule has 0 aliphatic carbocycles. The number of nitrogens with zero attached hydrogens (tertiary/aromatic N) is 1. The van der Waals surface area contributed by atoms with Crippen molar-refractivity contribution in [3.8, 4) is 0 Å². The van der Waals surface area contributed by atoms with E-state index in [9.17, 15) is 14.4 Å². The lowest BCUT2D eigenvalue weighted by atomic mass is 10.00. The van der Waals surface area contributed by atoms with Crippen molar-refractivity contribution in [1.29, 1.82) is 0 Å². The molecular weight excluding hydrogens is 330 g/mol. The molecule has 26 heavy (non-hydrogen) atoms. The van der Waals surface area contributed by atoms with Crippen LogP contribution in [0.15, 0.2) is 36.4 Å². The fraction of sp³-hybridized carbons (Fsp3) is 0.250. The number of carbonyl (C=O) groups is 3. The number of nitrogens with one attached hydrogen (secondary N) is 2. The third kappa shape index (κ3) is 2.94. The Bertz CT molecular complexity index is 936. The van der Waals surface area contributed by atoms with Crippen molar-refractivity contribution in [2.75, 3.05) is 22.1 Å². The van der Waals surface area contributed by atoms with Crippen LogP contribution in [0.4, 0.5) is 17.1 Å². The van der Waals surface area contributed by atoms with Gasteiger partial charge in [0.05, 0.1) is 0 Å². The minimum atomic E-state index is -0.189. The summed E-state index contributed by atoms with van der Waals surface area (Å²) in [6, 6.07) is 10.9. The quantitative estimate of drug-likeness (QED) is 0.875. The monoisotopic (exact) mass is 349 g/mol. The van der Waals surface area contributed by atoms with Gasteiger partial charge in [-0.1, -0.05) is 0 Å². The fourth-order valence-electron chi connectivity index (χ4n) is 3.53. The summed E-state index contributed by atoms with van der Waals surface area (Å²) in [7, 11) is 0. The molecule has 2 aliphatic rings. The Morgan fingerprint density at radius 1 is 1.04 bits per heavy atom. The Morgan fingerprint density at radius 3 is 2.69 bits per heavy atom. The van der Waals surface area contributed by atoms with Crippen molar-refractivity contribution >= 4 is 34.8 Å². The molecule has 0 saturated heterocycles. The Kier molecular flexibility index (Phi) is 3.95. The van der Waals surface area contributed by atoms with Gasteiger partial charge in [0.2, 0.25) is 11.8 Å². The molecule has 4 rings (SSSR count). The second kappa shape index (κ2) is 6.29. The Morgan fingerprint density at radius 2 is 1.88 bits per heavy atom. The van der Waals surface area contributed by atoms with Crippen LogP contribution in [-0.4, -0.2) is 24.3 Å². The zero-order chi connectivity index (χ0) is 18.3. The molecule has 3 amide bonds. The zero-order valence-corrected chi connectivity index (χ0v) is 14.5. The number of aryl methyl sites for hydroxylation is 1. The Hall–Kier alpha value is -3.15. The molecule has 2 aromatic rings. The lowest BCUT2D eigenvalue weighted by Crippen LogP contribution is -2.25. The van der Waals surface area contributed by atoms with Crippen LogP contribution in [0.5, 0.6) is 0 Å². The number of benzene rings is 2. The molecule has 0 spiro atoms. The van der Waals surface area contributed by atoms with Gasteiger partial charge in [-0.25, -0.2) is 0 Å². The van der Waals surface area contributed by atoms with E-state index in [1.165, 1.54) is 0 Å². The topological polar surface area (TPSA) is 78.5 Å². The molecule has 2 N–H and O–H groups in total. The van der Waals surface area contributed by atoms with Crippen molar-refractivity contribution in [2.24, 2.45) is 0 Å². The summed E-state index contributed by atoms with van der Waals surface area (Å²) >= 11 is 0. The minimum absolute atomic E-state index is 0.00690. The van der Waals surface area contributed by atoms with E-state index in [1.807, 2.05) is 24.3 Å². The molecule has 0 unspecified atom stereocenters. The van der Waals surface area contributed by atoms with E-state index in [4.69, 9.17) is 0 Å². The van der Waals surface area contributed by atoms with Gasteiger partial charge in [-0.05, 0) is 60.4 Å². The summed E-state index contributed by atoms with van der Waals surface area (Å²) in [4.78, 5) is 37.4. The fourth-order valence-corrected chi connectivity index (χ4v) is 3.53. The summed E-state index contributed by atoms with van der Waals surface area (Å²) in [5, 5.41) is 5.73. The Labute approximate surface area is 151 Å². The lowest BCUT2D eigenvalue weighted by molar-refractivity contribution is -0.117. The molecule has 2 aliphatic heterocycles. The van der Waals surface area contributed by atoms with Gasteiger partial charge < -0.3 is 15.5 Å². The van der Waals surface area contributed by atoms with Crippen LogP contribution in [0.2, 0.25) is 0 Å². The van der Waals surface area contributed by atoms with Crippen LogP contribution in [0, 0.1) is 0 Å². The zero-order valence-electron chi connectivity index (χ0n) is 14.5. The number of hydrogen-bond acceptors (Lipinski definition) is 3. The minimum Gasteiger partial charge on any atom is -0.326 e. The van der Waals surface area contributed by atoms with E-state index in [-0.39, 0.29) is 17.7 Å². The molecule has 6 nitrogen and oxygen atoms in total. The molecule has 0 bridgehead atoms. The van der Waals surface area contributed by atoms with Gasteiger partial charge in [-0.3, -0.25) is 14.4 Å². The highest BCUT2D eigenvalue weighted by Gasteiger charge is 2.22. The van der Waals surface area contributed by atoms with E-state index >= 15 is 0 Å². The molecule has 2 heterocycles. The largest absolute Gasteiger partial charge is 0.326 e. The van der Waals surface area contributed by atoms with Gasteiger partial charge in [0.25, 0.3) is 5.91 Å². The number of anilines is 3. The number of rotatable bonds is 2. The average Bonchev–Trinajstić information content (AvgIpc) is 3.04. The third-order valence-electron chi connectivity index (χ3n) is 4.88. The average molecular weight is 349 g/mol. The molecule has 0 atom stereocenters. The molecule has 0 aromatic heterocycles. The maximum Gasteiger partial charge on any atom is 0.255 e. The first kappa shape index (κ1) is 16.3. The molecule has 132 valence electrons. The molecular formula is C20H19N3O3. The van der Waals surface area contributed by atoms with Crippen LogP contribution in [0.3, 0.4) is 0 Å². The van der Waals surface area contributed by atoms with Gasteiger partial charge in [0.15, 0.2) is 0 Å². The van der Waals surface area contributed by atoms with E-state index in [1.54, 1.807) is 24.0 Å². The highest BCUT2D eigenvalue weighted by molar-refractivity contribution is 6.05. The van der Waals surface area contributed by atoms with E-state index in [2.05, 4.69) is 10.6 Å². The summed E-state index contributed by atoms with van der Waals surface area (Å²) in [5.41, 5.74) is 5.00. The normalized spacial score (nSPS) is 15.1. The maximum atomic E-state index is 12.6. The van der Waals surface area contributed by atoms with Crippen LogP contribution in [0.1, 0.15) is 34.8 Å². The van der Waals surface area contributed by atoms with Gasteiger partial charge in [-0.2, -0.15) is 0 Å². The molecule has 2 aromatic carbocycles. The standard InChI is InChI=1S/C20H19N3O3/c1-12(24)23-9-8-14-11-16(4-6-18(14)23)21-20(26)15-2-5-17-13(10-15)3-7-19(25)22-17/h2,4-6,10-11H,3,7-9H2,1H3,(H,21,26)(H,22,25). The van der Waals surface area contributed by atoms with E-state index in [0.29, 0.717) is 30.6 Å². The first-order valence-electron chi connectivity index (χ1n) is 8.66. The van der Waals surface area contributed by atoms with Crippen LogP contribution in [0.25, 0.3) is 0 Å². The molecule has 0 saturated carbocycles. The second-order valence-corrected chi connectivity index (χ2v) is 6.64. The second-order valence-electron chi connectivity index (χ2n) is 6.64. The predicted octanol–water partition coefficient (Wildman–Crippen LogP) is 2.73. The molecule has 0 fully saturated rings. The summed E-state index contributed by atoms with van der Waals surface area (Å²) in [6.07, 6.45) is 1.87. The smallest absolute Gasteiger partial charge is 0.255 e. The summed E-state index contributed by atoms with van der Waals surface area (Å²) < 4.78 is 0.